The van der Waals surface area contributed by atoms with E-state index in [1.54, 1.807) is 20.3 Å². The zero-order chi connectivity index (χ0) is 11.6. The smallest absolute Gasteiger partial charge is 0.135 e. The van der Waals surface area contributed by atoms with E-state index in [2.05, 4.69) is 4.98 Å². The molecule has 1 aromatic heterocycles. The number of hydrogen-bond donors (Lipinski definition) is 0. The van der Waals surface area contributed by atoms with E-state index >= 15 is 0 Å². The van der Waals surface area contributed by atoms with Gasteiger partial charge in [0.2, 0.25) is 0 Å². The van der Waals surface area contributed by atoms with Gasteiger partial charge in [0.1, 0.15) is 16.5 Å². The summed E-state index contributed by atoms with van der Waals surface area (Å²) in [6.45, 7) is 1.17. The van der Waals surface area contributed by atoms with Crippen molar-refractivity contribution in [3.8, 4) is 5.75 Å². The third-order valence-electron chi connectivity index (χ3n) is 2.85. The van der Waals surface area contributed by atoms with E-state index in [4.69, 9.17) is 25.8 Å². The van der Waals surface area contributed by atoms with Crippen molar-refractivity contribution in [1.29, 1.82) is 0 Å². The number of hydrogen-bond acceptors (Lipinski definition) is 4. The van der Waals surface area contributed by atoms with E-state index in [-0.39, 0.29) is 0 Å². The summed E-state index contributed by atoms with van der Waals surface area (Å²) in [7, 11) is 3.25. The normalized spacial score (nSPS) is 24.7. The van der Waals surface area contributed by atoms with E-state index in [0.717, 1.165) is 12.1 Å². The fraction of sp³-hybridized carbons (Fsp3) is 0.545. The highest BCUT2D eigenvalue weighted by Crippen LogP contribution is 2.35. The van der Waals surface area contributed by atoms with Gasteiger partial charge in [-0.15, -0.1) is 0 Å². The summed E-state index contributed by atoms with van der Waals surface area (Å²) in [6.07, 6.45) is 0.778. The van der Waals surface area contributed by atoms with E-state index < -0.39 is 5.60 Å². The second kappa shape index (κ2) is 4.57. The van der Waals surface area contributed by atoms with Gasteiger partial charge in [0.05, 0.1) is 19.4 Å². The molecule has 1 aromatic rings. The number of pyridine rings is 1. The Bertz CT molecular complexity index is 377. The van der Waals surface area contributed by atoms with Crippen LogP contribution in [-0.2, 0) is 15.1 Å². The Hall–Kier alpha value is -0.840. The predicted octanol–water partition coefficient (Wildman–Crippen LogP) is 2.01. The molecular formula is C11H14ClNO3. The first-order valence-corrected chi connectivity index (χ1v) is 5.43. The monoisotopic (exact) mass is 243 g/mol. The molecule has 5 heteroatoms. The summed E-state index contributed by atoms with van der Waals surface area (Å²) in [6, 6.07) is 3.51. The fourth-order valence-electron chi connectivity index (χ4n) is 1.84. The van der Waals surface area contributed by atoms with Crippen molar-refractivity contribution in [1.82, 2.24) is 4.98 Å². The Morgan fingerprint density at radius 2 is 2.25 bits per heavy atom. The summed E-state index contributed by atoms with van der Waals surface area (Å²) in [4.78, 5) is 4.29. The number of rotatable bonds is 3. The van der Waals surface area contributed by atoms with Crippen molar-refractivity contribution in [2.45, 2.75) is 12.0 Å². The van der Waals surface area contributed by atoms with Gasteiger partial charge in [-0.05, 0) is 0 Å². The number of ether oxygens (including phenoxy) is 3. The van der Waals surface area contributed by atoms with Crippen LogP contribution in [0.3, 0.4) is 0 Å². The quantitative estimate of drug-likeness (QED) is 0.762. The molecule has 0 saturated carbocycles. The van der Waals surface area contributed by atoms with Crippen LogP contribution in [0.5, 0.6) is 5.75 Å². The average Bonchev–Trinajstić information content (AvgIpc) is 2.78. The van der Waals surface area contributed by atoms with Gasteiger partial charge in [0.15, 0.2) is 0 Å². The Kier molecular flexibility index (Phi) is 3.33. The highest BCUT2D eigenvalue weighted by atomic mass is 35.5. The molecule has 1 fully saturated rings. The zero-order valence-corrected chi connectivity index (χ0v) is 10.1. The van der Waals surface area contributed by atoms with Gasteiger partial charge in [0.25, 0.3) is 0 Å². The maximum atomic E-state index is 5.94. The second-order valence-corrected chi connectivity index (χ2v) is 4.10. The largest absolute Gasteiger partial charge is 0.497 e. The van der Waals surface area contributed by atoms with Crippen LogP contribution in [-0.4, -0.2) is 32.4 Å². The molecule has 0 bridgehead atoms. The molecule has 1 unspecified atom stereocenters. The summed E-state index contributed by atoms with van der Waals surface area (Å²) in [5.74, 6) is 0.679. The summed E-state index contributed by atoms with van der Waals surface area (Å²) < 4.78 is 16.1. The minimum Gasteiger partial charge on any atom is -0.497 e. The Morgan fingerprint density at radius 1 is 1.44 bits per heavy atom. The molecule has 2 heterocycles. The molecule has 0 spiro atoms. The molecule has 2 rings (SSSR count). The van der Waals surface area contributed by atoms with Gasteiger partial charge in [-0.25, -0.2) is 4.98 Å². The van der Waals surface area contributed by atoms with Crippen LogP contribution in [0.2, 0.25) is 5.15 Å². The maximum Gasteiger partial charge on any atom is 0.135 e. The summed E-state index contributed by atoms with van der Waals surface area (Å²) >= 11 is 5.94. The van der Waals surface area contributed by atoms with E-state index in [0.29, 0.717) is 24.1 Å². The minimum absolute atomic E-state index is 0.401. The highest BCUT2D eigenvalue weighted by molar-refractivity contribution is 6.29. The lowest BCUT2D eigenvalue weighted by molar-refractivity contribution is -0.0247. The first-order valence-electron chi connectivity index (χ1n) is 5.05. The van der Waals surface area contributed by atoms with Gasteiger partial charge >= 0.3 is 0 Å². The Labute approximate surface area is 99.5 Å². The average molecular weight is 244 g/mol. The first-order chi connectivity index (χ1) is 7.70. The SMILES string of the molecule is COc1cc(Cl)nc(C2(OC)CCOC2)c1. The van der Waals surface area contributed by atoms with Crippen LogP contribution in [0.25, 0.3) is 0 Å². The molecule has 1 aliphatic rings. The summed E-state index contributed by atoms with van der Waals surface area (Å²) in [5.41, 5.74) is 0.273. The standard InChI is InChI=1S/C11H14ClNO3/c1-14-8-5-9(13-10(12)6-8)11(15-2)3-4-16-7-11/h5-6H,3-4,7H2,1-2H3. The molecule has 1 saturated heterocycles. The van der Waals surface area contributed by atoms with Crippen LogP contribution in [0.15, 0.2) is 12.1 Å². The lowest BCUT2D eigenvalue weighted by Crippen LogP contribution is -2.30. The lowest BCUT2D eigenvalue weighted by Gasteiger charge is -2.25. The Morgan fingerprint density at radius 3 is 2.81 bits per heavy atom. The van der Waals surface area contributed by atoms with Crippen molar-refractivity contribution in [2.75, 3.05) is 27.4 Å². The molecule has 0 N–H and O–H groups in total. The van der Waals surface area contributed by atoms with Crippen LogP contribution in [0.1, 0.15) is 12.1 Å². The second-order valence-electron chi connectivity index (χ2n) is 3.72. The number of nitrogens with zero attached hydrogens (tertiary/aromatic N) is 1. The number of aromatic nitrogens is 1. The molecule has 0 aromatic carbocycles. The van der Waals surface area contributed by atoms with E-state index in [1.165, 1.54) is 0 Å². The van der Waals surface area contributed by atoms with Gasteiger partial charge in [-0.2, -0.15) is 0 Å². The number of methoxy groups -OCH3 is 2. The van der Waals surface area contributed by atoms with Crippen molar-refractivity contribution in [3.63, 3.8) is 0 Å². The minimum atomic E-state index is -0.488. The topological polar surface area (TPSA) is 40.6 Å². The first kappa shape index (κ1) is 11.6. The van der Waals surface area contributed by atoms with Crippen LogP contribution < -0.4 is 4.74 Å². The van der Waals surface area contributed by atoms with Gasteiger partial charge < -0.3 is 14.2 Å². The molecule has 88 valence electrons. The van der Waals surface area contributed by atoms with Gasteiger partial charge in [0, 0.05) is 32.3 Å². The van der Waals surface area contributed by atoms with Gasteiger partial charge in [-0.3, -0.25) is 0 Å². The molecule has 0 amide bonds. The van der Waals surface area contributed by atoms with Crippen molar-refractivity contribution < 1.29 is 14.2 Å². The lowest BCUT2D eigenvalue weighted by atomic mass is 9.98. The molecule has 16 heavy (non-hydrogen) atoms. The molecule has 0 aliphatic carbocycles. The molecular weight excluding hydrogens is 230 g/mol. The van der Waals surface area contributed by atoms with Crippen molar-refractivity contribution in [3.05, 3.63) is 23.0 Å². The zero-order valence-electron chi connectivity index (χ0n) is 9.33. The van der Waals surface area contributed by atoms with Crippen molar-refractivity contribution >= 4 is 11.6 Å². The van der Waals surface area contributed by atoms with Crippen LogP contribution in [0.4, 0.5) is 0 Å². The molecule has 1 aliphatic heterocycles. The van der Waals surface area contributed by atoms with E-state index in [1.807, 2.05) is 6.07 Å². The molecule has 0 radical (unpaired) electrons. The third-order valence-corrected chi connectivity index (χ3v) is 3.04. The van der Waals surface area contributed by atoms with Crippen LogP contribution >= 0.6 is 11.6 Å². The molecule has 1 atom stereocenters. The highest BCUT2D eigenvalue weighted by Gasteiger charge is 2.38. The molecule has 4 nitrogen and oxygen atoms in total. The van der Waals surface area contributed by atoms with Crippen molar-refractivity contribution in [2.24, 2.45) is 0 Å². The van der Waals surface area contributed by atoms with E-state index in [9.17, 15) is 0 Å². The predicted molar refractivity (Wildman–Crippen MR) is 59.9 cm³/mol. The third kappa shape index (κ3) is 2.00. The summed E-state index contributed by atoms with van der Waals surface area (Å²) in [5, 5.41) is 0.401. The number of halogens is 1. The maximum absolute atomic E-state index is 5.94. The Balaban J connectivity index is 2.41. The van der Waals surface area contributed by atoms with Gasteiger partial charge in [-0.1, -0.05) is 11.6 Å². The fourth-order valence-corrected chi connectivity index (χ4v) is 2.04. The van der Waals surface area contributed by atoms with Crippen LogP contribution in [0, 0.1) is 0 Å².